The predicted molar refractivity (Wildman–Crippen MR) is 119 cm³/mol. The van der Waals surface area contributed by atoms with Gasteiger partial charge >= 0.3 is 0 Å². The van der Waals surface area contributed by atoms with Crippen molar-refractivity contribution in [2.75, 3.05) is 6.61 Å². The van der Waals surface area contributed by atoms with Crippen LogP contribution in [0.5, 0.6) is 5.75 Å². The van der Waals surface area contributed by atoms with Gasteiger partial charge in [0.2, 0.25) is 0 Å². The molecule has 3 aliphatic rings. The molecular formula is C27H42O. The molecule has 0 saturated heterocycles. The lowest BCUT2D eigenvalue weighted by Gasteiger charge is -2.45. The second-order valence-corrected chi connectivity index (χ2v) is 10.2. The van der Waals surface area contributed by atoms with Crippen LogP contribution in [-0.2, 0) is 0 Å². The molecule has 0 bridgehead atoms. The molecule has 1 aromatic rings. The molecule has 0 aliphatic heterocycles. The minimum Gasteiger partial charge on any atom is -0.494 e. The van der Waals surface area contributed by atoms with Gasteiger partial charge in [0.15, 0.2) is 0 Å². The summed E-state index contributed by atoms with van der Waals surface area (Å²) in [5.41, 5.74) is 1.56. The molecule has 0 N–H and O–H groups in total. The van der Waals surface area contributed by atoms with Crippen molar-refractivity contribution in [3.8, 4) is 5.75 Å². The zero-order chi connectivity index (χ0) is 19.3. The Kier molecular flexibility index (Phi) is 7.02. The third-order valence-corrected chi connectivity index (χ3v) is 8.61. The highest BCUT2D eigenvalue weighted by atomic mass is 16.5. The highest BCUT2D eigenvalue weighted by molar-refractivity contribution is 5.30. The molecular weight excluding hydrogens is 340 g/mol. The third kappa shape index (κ3) is 4.77. The Labute approximate surface area is 173 Å². The van der Waals surface area contributed by atoms with E-state index < -0.39 is 0 Å². The smallest absolute Gasteiger partial charge is 0.119 e. The van der Waals surface area contributed by atoms with E-state index in [1.54, 1.807) is 12.0 Å². The monoisotopic (exact) mass is 382 g/mol. The molecule has 1 nitrogen and oxygen atoms in total. The summed E-state index contributed by atoms with van der Waals surface area (Å²) < 4.78 is 5.77. The second-order valence-electron chi connectivity index (χ2n) is 10.2. The van der Waals surface area contributed by atoms with Gasteiger partial charge < -0.3 is 4.74 Å². The fourth-order valence-corrected chi connectivity index (χ4v) is 6.78. The maximum absolute atomic E-state index is 5.77. The number of rotatable bonds is 6. The topological polar surface area (TPSA) is 9.23 Å². The molecule has 0 heterocycles. The van der Waals surface area contributed by atoms with Gasteiger partial charge in [-0.05, 0) is 111 Å². The fraction of sp³-hybridized carbons (Fsp3) is 0.778. The third-order valence-electron chi connectivity index (χ3n) is 8.61. The SMILES string of the molecule is CCCOc1ccc(C2CCC3CC(C4CCC(CC)CC4)CCC3C2)cc1. The molecule has 0 aromatic heterocycles. The quantitative estimate of drug-likeness (QED) is 0.484. The maximum Gasteiger partial charge on any atom is 0.119 e. The Morgan fingerprint density at radius 2 is 1.32 bits per heavy atom. The fourth-order valence-electron chi connectivity index (χ4n) is 6.78. The number of fused-ring (bicyclic) bond motifs is 1. The van der Waals surface area contributed by atoms with Crippen molar-refractivity contribution in [2.24, 2.45) is 29.6 Å². The summed E-state index contributed by atoms with van der Waals surface area (Å²) in [7, 11) is 0. The Morgan fingerprint density at radius 3 is 2.00 bits per heavy atom. The van der Waals surface area contributed by atoms with Gasteiger partial charge in [-0.3, -0.25) is 0 Å². The van der Waals surface area contributed by atoms with E-state index in [2.05, 4.69) is 38.1 Å². The maximum atomic E-state index is 5.77. The summed E-state index contributed by atoms with van der Waals surface area (Å²) in [4.78, 5) is 0. The predicted octanol–water partition coefficient (Wildman–Crippen LogP) is 7.99. The van der Waals surface area contributed by atoms with Crippen LogP contribution in [0.4, 0.5) is 0 Å². The first-order valence-electron chi connectivity index (χ1n) is 12.5. The first-order valence-corrected chi connectivity index (χ1v) is 12.5. The Bertz CT molecular complexity index is 583. The molecule has 28 heavy (non-hydrogen) atoms. The van der Waals surface area contributed by atoms with E-state index in [1.165, 1.54) is 64.2 Å². The molecule has 1 aromatic carbocycles. The lowest BCUT2D eigenvalue weighted by molar-refractivity contribution is 0.0716. The summed E-state index contributed by atoms with van der Waals surface area (Å²) in [5, 5.41) is 0. The molecule has 156 valence electrons. The minimum atomic E-state index is 0.790. The Hall–Kier alpha value is -0.980. The van der Waals surface area contributed by atoms with Gasteiger partial charge in [-0.1, -0.05) is 45.2 Å². The number of ether oxygens (including phenoxy) is 1. The molecule has 3 aliphatic carbocycles. The van der Waals surface area contributed by atoms with Gasteiger partial charge in [0.05, 0.1) is 6.61 Å². The Morgan fingerprint density at radius 1 is 0.714 bits per heavy atom. The number of benzene rings is 1. The summed E-state index contributed by atoms with van der Waals surface area (Å²) >= 11 is 0. The van der Waals surface area contributed by atoms with Crippen molar-refractivity contribution in [1.82, 2.24) is 0 Å². The van der Waals surface area contributed by atoms with E-state index >= 15 is 0 Å². The minimum absolute atomic E-state index is 0.790. The summed E-state index contributed by atoms with van der Waals surface area (Å²) in [5.74, 6) is 7.03. The van der Waals surface area contributed by atoms with Crippen molar-refractivity contribution in [3.63, 3.8) is 0 Å². The van der Waals surface area contributed by atoms with Gasteiger partial charge in [-0.15, -0.1) is 0 Å². The summed E-state index contributed by atoms with van der Waals surface area (Å²) in [6, 6.07) is 9.07. The van der Waals surface area contributed by atoms with Crippen LogP contribution < -0.4 is 4.74 Å². The summed E-state index contributed by atoms with van der Waals surface area (Å²) in [6.45, 7) is 5.38. The first kappa shape index (κ1) is 20.3. The van der Waals surface area contributed by atoms with E-state index in [4.69, 9.17) is 4.74 Å². The van der Waals surface area contributed by atoms with E-state index in [0.29, 0.717) is 0 Å². The Balaban J connectivity index is 1.28. The van der Waals surface area contributed by atoms with Gasteiger partial charge in [0.25, 0.3) is 0 Å². The number of hydrogen-bond acceptors (Lipinski definition) is 1. The highest BCUT2D eigenvalue weighted by Crippen LogP contribution is 2.51. The van der Waals surface area contributed by atoms with Crippen LogP contribution in [0.25, 0.3) is 0 Å². The van der Waals surface area contributed by atoms with Crippen LogP contribution in [0, 0.1) is 29.6 Å². The lowest BCUT2D eigenvalue weighted by Crippen LogP contribution is -2.34. The van der Waals surface area contributed by atoms with E-state index in [0.717, 1.165) is 54.3 Å². The molecule has 1 heteroatoms. The van der Waals surface area contributed by atoms with Crippen LogP contribution in [0.15, 0.2) is 24.3 Å². The van der Waals surface area contributed by atoms with Gasteiger partial charge in [-0.25, -0.2) is 0 Å². The average Bonchev–Trinajstić information content (AvgIpc) is 2.77. The van der Waals surface area contributed by atoms with Gasteiger partial charge in [-0.2, -0.15) is 0 Å². The van der Waals surface area contributed by atoms with Crippen LogP contribution in [0.2, 0.25) is 0 Å². The van der Waals surface area contributed by atoms with Crippen LogP contribution >= 0.6 is 0 Å². The van der Waals surface area contributed by atoms with E-state index in [1.807, 2.05) is 0 Å². The largest absolute Gasteiger partial charge is 0.494 e. The lowest BCUT2D eigenvalue weighted by atomic mass is 9.60. The van der Waals surface area contributed by atoms with Gasteiger partial charge in [0, 0.05) is 0 Å². The van der Waals surface area contributed by atoms with Crippen molar-refractivity contribution < 1.29 is 4.74 Å². The van der Waals surface area contributed by atoms with Crippen LogP contribution in [0.3, 0.4) is 0 Å². The van der Waals surface area contributed by atoms with Crippen molar-refractivity contribution >= 4 is 0 Å². The first-order chi connectivity index (χ1) is 13.8. The molecule has 0 radical (unpaired) electrons. The number of hydrogen-bond donors (Lipinski definition) is 0. The van der Waals surface area contributed by atoms with Crippen LogP contribution in [0.1, 0.15) is 102 Å². The van der Waals surface area contributed by atoms with E-state index in [-0.39, 0.29) is 0 Å². The van der Waals surface area contributed by atoms with Crippen molar-refractivity contribution in [3.05, 3.63) is 29.8 Å². The zero-order valence-electron chi connectivity index (χ0n) is 18.4. The van der Waals surface area contributed by atoms with Crippen LogP contribution in [-0.4, -0.2) is 6.61 Å². The van der Waals surface area contributed by atoms with Gasteiger partial charge in [0.1, 0.15) is 5.75 Å². The van der Waals surface area contributed by atoms with Crippen molar-refractivity contribution in [1.29, 1.82) is 0 Å². The van der Waals surface area contributed by atoms with E-state index in [9.17, 15) is 0 Å². The molecule has 3 fully saturated rings. The second kappa shape index (κ2) is 9.68. The molecule has 4 rings (SSSR count). The molecule has 0 amide bonds. The normalized spacial score (nSPS) is 35.9. The average molecular weight is 383 g/mol. The zero-order valence-corrected chi connectivity index (χ0v) is 18.4. The highest BCUT2D eigenvalue weighted by Gasteiger charge is 2.38. The molecule has 4 atom stereocenters. The summed E-state index contributed by atoms with van der Waals surface area (Å²) in [6.07, 6.45) is 17.5. The molecule has 3 saturated carbocycles. The molecule has 4 unspecified atom stereocenters. The standard InChI is InChI=1S/C27H42O/c1-3-17-28-27-15-13-22(14-16-27)24-10-12-25-18-23(9-11-26(25)19-24)21-7-5-20(4-2)6-8-21/h13-16,20-21,23-26H,3-12,17-19H2,1-2H3. The van der Waals surface area contributed by atoms with Crippen molar-refractivity contribution in [2.45, 2.75) is 96.8 Å². The molecule has 0 spiro atoms.